The summed E-state index contributed by atoms with van der Waals surface area (Å²) in [6.45, 7) is 3.82. The van der Waals surface area contributed by atoms with Crippen molar-refractivity contribution in [1.29, 1.82) is 0 Å². The summed E-state index contributed by atoms with van der Waals surface area (Å²) in [6.07, 6.45) is 0. The number of aromatic nitrogens is 1. The van der Waals surface area contributed by atoms with Gasteiger partial charge in [0.05, 0.1) is 6.61 Å². The van der Waals surface area contributed by atoms with E-state index in [1.165, 1.54) is 0 Å². The van der Waals surface area contributed by atoms with Crippen LogP contribution in [0.2, 0.25) is 0 Å². The van der Waals surface area contributed by atoms with Gasteiger partial charge in [-0.05, 0) is 24.6 Å². The molecule has 1 N–H and O–H groups in total. The SMILES string of the molecule is CCOC(=O)C(=O)NCc1ccc2oc(C)nc2c1. The number of aryl methyl sites for hydroxylation is 1. The Labute approximate surface area is 109 Å². The average Bonchev–Trinajstić information content (AvgIpc) is 2.75. The summed E-state index contributed by atoms with van der Waals surface area (Å²) in [5.41, 5.74) is 2.25. The van der Waals surface area contributed by atoms with Crippen molar-refractivity contribution in [2.24, 2.45) is 0 Å². The van der Waals surface area contributed by atoms with Gasteiger partial charge >= 0.3 is 11.9 Å². The van der Waals surface area contributed by atoms with Gasteiger partial charge in [0.1, 0.15) is 5.52 Å². The Hall–Kier alpha value is -2.37. The molecule has 0 saturated heterocycles. The number of rotatable bonds is 3. The van der Waals surface area contributed by atoms with E-state index in [-0.39, 0.29) is 13.2 Å². The number of nitrogens with one attached hydrogen (secondary N) is 1. The number of benzene rings is 1. The lowest BCUT2D eigenvalue weighted by atomic mass is 10.2. The normalized spacial score (nSPS) is 10.4. The van der Waals surface area contributed by atoms with Crippen LogP contribution in [0.3, 0.4) is 0 Å². The van der Waals surface area contributed by atoms with Crippen LogP contribution in [0.15, 0.2) is 22.6 Å². The second-order valence-corrected chi connectivity index (χ2v) is 3.94. The molecule has 1 aromatic carbocycles. The van der Waals surface area contributed by atoms with E-state index in [2.05, 4.69) is 15.0 Å². The maximum atomic E-state index is 11.4. The first kappa shape index (κ1) is 13.1. The molecule has 100 valence electrons. The molecule has 6 heteroatoms. The smallest absolute Gasteiger partial charge is 0.396 e. The van der Waals surface area contributed by atoms with E-state index in [0.29, 0.717) is 11.5 Å². The molecule has 2 aromatic rings. The molecular weight excluding hydrogens is 248 g/mol. The molecule has 1 heterocycles. The predicted molar refractivity (Wildman–Crippen MR) is 67.2 cm³/mol. The maximum absolute atomic E-state index is 11.4. The minimum Gasteiger partial charge on any atom is -0.459 e. The maximum Gasteiger partial charge on any atom is 0.396 e. The van der Waals surface area contributed by atoms with Crippen molar-refractivity contribution in [3.05, 3.63) is 29.7 Å². The molecule has 0 unspecified atom stereocenters. The fourth-order valence-corrected chi connectivity index (χ4v) is 1.65. The van der Waals surface area contributed by atoms with Crippen molar-refractivity contribution in [3.8, 4) is 0 Å². The third-order valence-electron chi connectivity index (χ3n) is 2.47. The third kappa shape index (κ3) is 3.09. The van der Waals surface area contributed by atoms with Gasteiger partial charge in [0.2, 0.25) is 0 Å². The molecule has 0 aliphatic carbocycles. The number of nitrogens with zero attached hydrogens (tertiary/aromatic N) is 1. The number of carbonyl (C=O) groups is 2. The second kappa shape index (κ2) is 5.51. The molecule has 0 atom stereocenters. The molecule has 0 fully saturated rings. The topological polar surface area (TPSA) is 81.4 Å². The molecule has 2 rings (SSSR count). The zero-order chi connectivity index (χ0) is 13.8. The van der Waals surface area contributed by atoms with Crippen molar-refractivity contribution < 1.29 is 18.7 Å². The van der Waals surface area contributed by atoms with E-state index >= 15 is 0 Å². The van der Waals surface area contributed by atoms with Crippen LogP contribution in [0.5, 0.6) is 0 Å². The zero-order valence-electron chi connectivity index (χ0n) is 10.7. The Kier molecular flexibility index (Phi) is 3.79. The summed E-state index contributed by atoms with van der Waals surface area (Å²) in [4.78, 5) is 26.7. The van der Waals surface area contributed by atoms with Crippen LogP contribution in [0, 0.1) is 6.92 Å². The van der Waals surface area contributed by atoms with E-state index < -0.39 is 11.9 Å². The molecule has 1 aromatic heterocycles. The molecule has 1 amide bonds. The number of esters is 1. The second-order valence-electron chi connectivity index (χ2n) is 3.94. The number of hydrogen-bond donors (Lipinski definition) is 1. The lowest BCUT2D eigenvalue weighted by molar-refractivity contribution is -0.154. The van der Waals surface area contributed by atoms with E-state index in [9.17, 15) is 9.59 Å². The van der Waals surface area contributed by atoms with Crippen molar-refractivity contribution in [3.63, 3.8) is 0 Å². The Morgan fingerprint density at radius 1 is 1.42 bits per heavy atom. The van der Waals surface area contributed by atoms with Gasteiger partial charge in [-0.2, -0.15) is 0 Å². The highest BCUT2D eigenvalue weighted by molar-refractivity contribution is 6.32. The summed E-state index contributed by atoms with van der Waals surface area (Å²) in [5.74, 6) is -1.04. The van der Waals surface area contributed by atoms with Crippen molar-refractivity contribution in [1.82, 2.24) is 10.3 Å². The van der Waals surface area contributed by atoms with Gasteiger partial charge in [-0.25, -0.2) is 9.78 Å². The van der Waals surface area contributed by atoms with Gasteiger partial charge in [-0.1, -0.05) is 6.07 Å². The molecule has 0 radical (unpaired) electrons. The molecular formula is C13H14N2O4. The summed E-state index contributed by atoms with van der Waals surface area (Å²) in [5, 5.41) is 2.48. The number of oxazole rings is 1. The van der Waals surface area contributed by atoms with Gasteiger partial charge in [0, 0.05) is 13.5 Å². The standard InChI is InChI=1S/C13H14N2O4/c1-3-18-13(17)12(16)14-7-9-4-5-11-10(6-9)15-8(2)19-11/h4-6H,3,7H2,1-2H3,(H,14,16). The van der Waals surface area contributed by atoms with Gasteiger partial charge in [-0.3, -0.25) is 4.79 Å². The quantitative estimate of drug-likeness (QED) is 0.666. The molecule has 0 aliphatic heterocycles. The minimum atomic E-state index is -0.874. The molecule has 0 spiro atoms. The van der Waals surface area contributed by atoms with Crippen LogP contribution in [-0.4, -0.2) is 23.5 Å². The average molecular weight is 262 g/mol. The Morgan fingerprint density at radius 3 is 2.95 bits per heavy atom. The number of amides is 1. The summed E-state index contributed by atoms with van der Waals surface area (Å²) in [6, 6.07) is 5.39. The lowest BCUT2D eigenvalue weighted by Crippen LogP contribution is -2.32. The largest absolute Gasteiger partial charge is 0.459 e. The lowest BCUT2D eigenvalue weighted by Gasteiger charge is -2.04. The minimum absolute atomic E-state index is 0.177. The van der Waals surface area contributed by atoms with Gasteiger partial charge in [0.25, 0.3) is 0 Å². The first-order valence-electron chi connectivity index (χ1n) is 5.91. The first-order valence-corrected chi connectivity index (χ1v) is 5.91. The van der Waals surface area contributed by atoms with Crippen LogP contribution in [0.25, 0.3) is 11.1 Å². The van der Waals surface area contributed by atoms with Gasteiger partial charge in [0.15, 0.2) is 11.5 Å². The highest BCUT2D eigenvalue weighted by atomic mass is 16.5. The third-order valence-corrected chi connectivity index (χ3v) is 2.47. The van der Waals surface area contributed by atoms with E-state index in [1.807, 2.05) is 0 Å². The van der Waals surface area contributed by atoms with Crippen LogP contribution in [0.1, 0.15) is 18.4 Å². The van der Waals surface area contributed by atoms with Crippen LogP contribution < -0.4 is 5.32 Å². The van der Waals surface area contributed by atoms with E-state index in [4.69, 9.17) is 4.42 Å². The van der Waals surface area contributed by atoms with Crippen LogP contribution >= 0.6 is 0 Å². The Bertz CT molecular complexity index is 618. The fraction of sp³-hybridized carbons (Fsp3) is 0.308. The first-order chi connectivity index (χ1) is 9.10. The number of ether oxygens (including phenoxy) is 1. The highest BCUT2D eigenvalue weighted by Gasteiger charge is 2.14. The number of carbonyl (C=O) groups excluding carboxylic acids is 2. The van der Waals surface area contributed by atoms with Crippen molar-refractivity contribution in [2.75, 3.05) is 6.61 Å². The molecule has 0 saturated carbocycles. The van der Waals surface area contributed by atoms with Crippen LogP contribution in [-0.2, 0) is 20.9 Å². The molecule has 6 nitrogen and oxygen atoms in total. The van der Waals surface area contributed by atoms with Crippen molar-refractivity contribution >= 4 is 23.0 Å². The van der Waals surface area contributed by atoms with Crippen molar-refractivity contribution in [2.45, 2.75) is 20.4 Å². The van der Waals surface area contributed by atoms with Gasteiger partial charge in [-0.15, -0.1) is 0 Å². The number of hydrogen-bond acceptors (Lipinski definition) is 5. The summed E-state index contributed by atoms with van der Waals surface area (Å²) >= 11 is 0. The molecule has 0 aliphatic rings. The summed E-state index contributed by atoms with van der Waals surface area (Å²) in [7, 11) is 0. The van der Waals surface area contributed by atoms with Crippen LogP contribution in [0.4, 0.5) is 0 Å². The fourth-order valence-electron chi connectivity index (χ4n) is 1.65. The Balaban J connectivity index is 2.01. The van der Waals surface area contributed by atoms with E-state index in [0.717, 1.165) is 11.1 Å². The zero-order valence-corrected chi connectivity index (χ0v) is 10.7. The van der Waals surface area contributed by atoms with Gasteiger partial charge < -0.3 is 14.5 Å². The van der Waals surface area contributed by atoms with E-state index in [1.54, 1.807) is 32.0 Å². The monoisotopic (exact) mass is 262 g/mol. The number of fused-ring (bicyclic) bond motifs is 1. The molecule has 0 bridgehead atoms. The summed E-state index contributed by atoms with van der Waals surface area (Å²) < 4.78 is 9.93. The highest BCUT2D eigenvalue weighted by Crippen LogP contribution is 2.16. The Morgan fingerprint density at radius 2 is 2.21 bits per heavy atom. The molecule has 19 heavy (non-hydrogen) atoms. The predicted octanol–water partition coefficient (Wildman–Crippen LogP) is 1.32.